The number of hydrogen-bond donors (Lipinski definition) is 4. The second kappa shape index (κ2) is 12.3. The minimum atomic E-state index is -1.64. The van der Waals surface area contributed by atoms with Crippen molar-refractivity contribution in [3.05, 3.63) is 11.8 Å². The molecule has 0 aromatic heterocycles. The first-order chi connectivity index (χ1) is 17.8. The summed E-state index contributed by atoms with van der Waals surface area (Å²) in [6.45, 7) is 6.38. The van der Waals surface area contributed by atoms with Crippen molar-refractivity contribution in [1.82, 2.24) is 0 Å². The maximum Gasteiger partial charge on any atom is 0.311 e. The van der Waals surface area contributed by atoms with Crippen molar-refractivity contribution >= 4 is 17.9 Å². The molecule has 3 unspecified atom stereocenters. The van der Waals surface area contributed by atoms with E-state index in [4.69, 9.17) is 28.4 Å². The third-order valence-electron chi connectivity index (χ3n) is 7.45. The number of aliphatic hydroxyl groups excluding tert-OH is 3. The zero-order chi connectivity index (χ0) is 28.4. The Bertz CT molecular complexity index is 902. The zero-order valence-corrected chi connectivity index (χ0v) is 22.1. The van der Waals surface area contributed by atoms with Crippen LogP contribution in [0.5, 0.6) is 0 Å². The van der Waals surface area contributed by atoms with Gasteiger partial charge >= 0.3 is 17.9 Å². The first kappa shape index (κ1) is 30.3. The van der Waals surface area contributed by atoms with Crippen molar-refractivity contribution in [2.45, 2.75) is 96.2 Å². The molecule has 2 fully saturated rings. The third-order valence-corrected chi connectivity index (χ3v) is 7.45. The first-order valence-electron chi connectivity index (χ1n) is 12.7. The predicted molar refractivity (Wildman–Crippen MR) is 126 cm³/mol. The Balaban J connectivity index is 1.82. The second-order valence-electron chi connectivity index (χ2n) is 10.2. The Kier molecular flexibility index (Phi) is 9.76. The summed E-state index contributed by atoms with van der Waals surface area (Å²) in [5.41, 5.74) is -1.15. The maximum absolute atomic E-state index is 12.4. The van der Waals surface area contributed by atoms with Gasteiger partial charge in [-0.05, 0) is 25.3 Å². The van der Waals surface area contributed by atoms with Crippen LogP contribution in [0.2, 0.25) is 0 Å². The third kappa shape index (κ3) is 6.29. The molecule has 216 valence electrons. The van der Waals surface area contributed by atoms with Crippen LogP contribution >= 0.6 is 0 Å². The van der Waals surface area contributed by atoms with Crippen molar-refractivity contribution in [3.63, 3.8) is 0 Å². The monoisotopic (exact) mass is 546 g/mol. The molecule has 0 bridgehead atoms. The van der Waals surface area contributed by atoms with Crippen LogP contribution in [-0.4, -0.2) is 100 Å². The fourth-order valence-corrected chi connectivity index (χ4v) is 5.07. The molecule has 11 atom stereocenters. The van der Waals surface area contributed by atoms with Crippen LogP contribution in [0.4, 0.5) is 0 Å². The summed E-state index contributed by atoms with van der Waals surface area (Å²) < 4.78 is 33.1. The van der Waals surface area contributed by atoms with Gasteiger partial charge in [-0.15, -0.1) is 0 Å². The Hall–Kier alpha value is -2.29. The van der Waals surface area contributed by atoms with Crippen molar-refractivity contribution in [1.29, 1.82) is 0 Å². The van der Waals surface area contributed by atoms with E-state index < -0.39 is 85.1 Å². The minimum Gasteiger partial charge on any atom is -0.462 e. The highest BCUT2D eigenvalue weighted by molar-refractivity contribution is 5.72. The lowest BCUT2D eigenvalue weighted by molar-refractivity contribution is -0.304. The van der Waals surface area contributed by atoms with Crippen LogP contribution in [0, 0.1) is 17.8 Å². The van der Waals surface area contributed by atoms with Crippen LogP contribution in [0.1, 0.15) is 47.5 Å². The minimum absolute atomic E-state index is 0.126. The molecule has 1 saturated heterocycles. The summed E-state index contributed by atoms with van der Waals surface area (Å²) in [7, 11) is 0. The average Bonchev–Trinajstić information content (AvgIpc) is 3.09. The number of fused-ring (bicyclic) bond motifs is 1. The van der Waals surface area contributed by atoms with Gasteiger partial charge in [0.25, 0.3) is 0 Å². The van der Waals surface area contributed by atoms with Gasteiger partial charge in [-0.1, -0.05) is 13.8 Å². The maximum atomic E-state index is 12.4. The van der Waals surface area contributed by atoms with Gasteiger partial charge in [0.05, 0.1) is 43.0 Å². The quantitative estimate of drug-likeness (QED) is 0.215. The van der Waals surface area contributed by atoms with E-state index in [0.717, 1.165) is 13.8 Å². The molecule has 1 aliphatic carbocycles. The number of rotatable bonds is 9. The lowest BCUT2D eigenvalue weighted by Gasteiger charge is -2.43. The van der Waals surface area contributed by atoms with Crippen molar-refractivity contribution < 1.29 is 63.2 Å². The molecule has 38 heavy (non-hydrogen) atoms. The highest BCUT2D eigenvalue weighted by atomic mass is 16.7. The Morgan fingerprint density at radius 2 is 1.74 bits per heavy atom. The molecule has 4 N–H and O–H groups in total. The van der Waals surface area contributed by atoms with Crippen LogP contribution in [0.25, 0.3) is 0 Å². The van der Waals surface area contributed by atoms with Crippen LogP contribution in [0.3, 0.4) is 0 Å². The van der Waals surface area contributed by atoms with E-state index in [9.17, 15) is 34.8 Å². The standard InChI is InChI=1S/C25H38O13/c1-6-11(2)22(31)38-23-18-15(7-17(29)25(18,5)32)14(9-33-23)10-34-24-21(36-13(4)28)20(35-12(3)27)19(30)16(8-26)37-24/h9,11,15-21,23-24,26,29-30,32H,6-8,10H2,1-5H3/t11?,15?,16-,17+,18?,19-,20+,21-,23+,24-,25-/m1/s1. The van der Waals surface area contributed by atoms with Crippen LogP contribution in [0.15, 0.2) is 11.8 Å². The molecule has 3 rings (SSSR count). The van der Waals surface area contributed by atoms with E-state index in [-0.39, 0.29) is 18.9 Å². The molecule has 0 amide bonds. The molecule has 3 aliphatic rings. The Labute approximate surface area is 220 Å². The van der Waals surface area contributed by atoms with Gasteiger partial charge in [-0.2, -0.15) is 0 Å². The van der Waals surface area contributed by atoms with Crippen LogP contribution in [-0.2, 0) is 42.8 Å². The molecule has 13 nitrogen and oxygen atoms in total. The largest absolute Gasteiger partial charge is 0.462 e. The molecule has 1 saturated carbocycles. The van der Waals surface area contributed by atoms with Gasteiger partial charge in [0.15, 0.2) is 18.5 Å². The van der Waals surface area contributed by atoms with Gasteiger partial charge < -0.3 is 48.8 Å². The van der Waals surface area contributed by atoms with E-state index in [1.54, 1.807) is 6.92 Å². The van der Waals surface area contributed by atoms with E-state index in [1.165, 1.54) is 13.2 Å². The lowest BCUT2D eigenvalue weighted by atomic mass is 9.81. The molecule has 0 spiro atoms. The number of aliphatic hydroxyl groups is 4. The van der Waals surface area contributed by atoms with Gasteiger partial charge in [-0.3, -0.25) is 14.4 Å². The van der Waals surface area contributed by atoms with E-state index in [1.807, 2.05) is 6.92 Å². The first-order valence-corrected chi connectivity index (χ1v) is 12.7. The molecule has 0 radical (unpaired) electrons. The van der Waals surface area contributed by atoms with Gasteiger partial charge in [0, 0.05) is 19.8 Å². The summed E-state index contributed by atoms with van der Waals surface area (Å²) in [5, 5.41) is 41.8. The SMILES string of the molecule is CCC(C)C(=O)O[C@@H]1OC=C(CO[C@@H]2O[C@H](CO)[C@@H](O)[C@H](OC(C)=O)[C@H]2OC(C)=O)C2C[C@H](O)[C@@](C)(O)C21. The summed E-state index contributed by atoms with van der Waals surface area (Å²) in [6, 6.07) is 0. The summed E-state index contributed by atoms with van der Waals surface area (Å²) in [6.07, 6.45) is -7.10. The van der Waals surface area contributed by atoms with Crippen molar-refractivity contribution in [2.24, 2.45) is 17.8 Å². The number of carbonyl (C=O) groups excluding carboxylic acids is 3. The summed E-state index contributed by atoms with van der Waals surface area (Å²) in [4.78, 5) is 35.9. The molecule has 0 aromatic carbocycles. The fourth-order valence-electron chi connectivity index (χ4n) is 5.07. The molecule has 13 heteroatoms. The lowest BCUT2D eigenvalue weighted by Crippen LogP contribution is -2.61. The number of ether oxygens (including phenoxy) is 6. The molecule has 0 aromatic rings. The average molecular weight is 547 g/mol. The zero-order valence-electron chi connectivity index (χ0n) is 22.1. The normalized spacial score (nSPS) is 39.3. The molecular weight excluding hydrogens is 508 g/mol. The number of carbonyl (C=O) groups is 3. The van der Waals surface area contributed by atoms with Crippen LogP contribution < -0.4 is 0 Å². The fraction of sp³-hybridized carbons (Fsp3) is 0.800. The molecule has 2 aliphatic heterocycles. The number of hydrogen-bond acceptors (Lipinski definition) is 13. The smallest absolute Gasteiger partial charge is 0.311 e. The van der Waals surface area contributed by atoms with Gasteiger partial charge in [-0.25, -0.2) is 0 Å². The van der Waals surface area contributed by atoms with E-state index in [2.05, 4.69) is 0 Å². The van der Waals surface area contributed by atoms with Crippen molar-refractivity contribution in [3.8, 4) is 0 Å². The highest BCUT2D eigenvalue weighted by Gasteiger charge is 2.59. The van der Waals surface area contributed by atoms with Crippen molar-refractivity contribution in [2.75, 3.05) is 13.2 Å². The predicted octanol–water partition coefficient (Wildman–Crippen LogP) is -0.478. The second-order valence-corrected chi connectivity index (χ2v) is 10.2. The number of esters is 3. The topological polar surface area (TPSA) is 188 Å². The summed E-state index contributed by atoms with van der Waals surface area (Å²) >= 11 is 0. The van der Waals surface area contributed by atoms with Gasteiger partial charge in [0.2, 0.25) is 6.29 Å². The van der Waals surface area contributed by atoms with E-state index in [0.29, 0.717) is 12.0 Å². The molecular formula is C25H38O13. The van der Waals surface area contributed by atoms with E-state index >= 15 is 0 Å². The molecule has 2 heterocycles. The summed E-state index contributed by atoms with van der Waals surface area (Å²) in [5.74, 6) is -3.71. The highest BCUT2D eigenvalue weighted by Crippen LogP contribution is 2.49. The van der Waals surface area contributed by atoms with Gasteiger partial charge in [0.1, 0.15) is 12.2 Å². The Morgan fingerprint density at radius 3 is 2.32 bits per heavy atom. The Morgan fingerprint density at radius 1 is 1.11 bits per heavy atom.